The number of carboxylic acids is 1. The summed E-state index contributed by atoms with van der Waals surface area (Å²) in [6.45, 7) is 6.92. The number of aromatic nitrogens is 1. The summed E-state index contributed by atoms with van der Waals surface area (Å²) in [6, 6.07) is 14.8. The highest BCUT2D eigenvalue weighted by Crippen LogP contribution is 2.35. The molecule has 4 heteroatoms. The van der Waals surface area contributed by atoms with Gasteiger partial charge in [-0.1, -0.05) is 61.9 Å². The predicted molar refractivity (Wildman–Crippen MR) is 124 cm³/mol. The Morgan fingerprint density at radius 3 is 2.53 bits per heavy atom. The van der Waals surface area contributed by atoms with Crippen molar-refractivity contribution in [1.29, 1.82) is 0 Å². The number of hydrogen-bond donors (Lipinski definition) is 2. The summed E-state index contributed by atoms with van der Waals surface area (Å²) < 4.78 is 0. The Morgan fingerprint density at radius 1 is 1.17 bits per heavy atom. The van der Waals surface area contributed by atoms with Crippen LogP contribution in [-0.4, -0.2) is 16.1 Å². The maximum Gasteiger partial charge on any atom is 0.303 e. The molecular weight excluding hydrogens is 372 g/mol. The zero-order chi connectivity index (χ0) is 21.7. The highest BCUT2D eigenvalue weighted by molar-refractivity contribution is 5.97. The second-order valence-electron chi connectivity index (χ2n) is 8.19. The van der Waals surface area contributed by atoms with Gasteiger partial charge in [-0.15, -0.1) is 0 Å². The number of hydrogen-bond acceptors (Lipinski definition) is 3. The molecule has 0 saturated carbocycles. The predicted octanol–water partition coefficient (Wildman–Crippen LogP) is 5.75. The van der Waals surface area contributed by atoms with E-state index in [1.165, 1.54) is 5.56 Å². The van der Waals surface area contributed by atoms with Gasteiger partial charge in [0.05, 0.1) is 5.52 Å². The Balaban J connectivity index is 2.18. The molecule has 0 amide bonds. The molecule has 2 aromatic carbocycles. The van der Waals surface area contributed by atoms with Crippen molar-refractivity contribution < 1.29 is 9.90 Å². The number of allylic oxidation sites excluding steroid dienone is 1. The normalized spacial score (nSPS) is 11.6. The number of carboxylic acid groups (broad SMARTS) is 1. The van der Waals surface area contributed by atoms with E-state index in [-0.39, 0.29) is 6.42 Å². The van der Waals surface area contributed by atoms with Crippen LogP contribution in [0.5, 0.6) is 0 Å². The van der Waals surface area contributed by atoms with E-state index >= 15 is 0 Å². The maximum atomic E-state index is 10.7. The van der Waals surface area contributed by atoms with Crippen LogP contribution in [0.1, 0.15) is 49.1 Å². The third-order valence-corrected chi connectivity index (χ3v) is 5.18. The van der Waals surface area contributed by atoms with Gasteiger partial charge in [0.25, 0.3) is 0 Å². The first-order chi connectivity index (χ1) is 14.4. The number of carbonyl (C=O) groups is 1. The molecule has 3 N–H and O–H groups in total. The van der Waals surface area contributed by atoms with Gasteiger partial charge in [-0.2, -0.15) is 0 Å². The minimum absolute atomic E-state index is 0.135. The number of nitrogens with two attached hydrogens (primary N) is 1. The molecule has 0 atom stereocenters. The van der Waals surface area contributed by atoms with Gasteiger partial charge in [-0.05, 0) is 60.1 Å². The first kappa shape index (κ1) is 21.7. The molecule has 0 radical (unpaired) electrons. The van der Waals surface area contributed by atoms with Crippen molar-refractivity contribution in [2.24, 2.45) is 11.7 Å². The second kappa shape index (κ2) is 9.68. The number of aryl methyl sites for hydroxylation is 1. The van der Waals surface area contributed by atoms with E-state index in [4.69, 9.17) is 15.8 Å². The summed E-state index contributed by atoms with van der Waals surface area (Å²) in [6.07, 6.45) is 5.42. The van der Waals surface area contributed by atoms with E-state index in [1.54, 1.807) is 0 Å². The van der Waals surface area contributed by atoms with Gasteiger partial charge in [0, 0.05) is 24.0 Å². The van der Waals surface area contributed by atoms with Crippen LogP contribution < -0.4 is 5.73 Å². The molecule has 0 spiro atoms. The van der Waals surface area contributed by atoms with Crippen molar-refractivity contribution >= 4 is 22.9 Å². The minimum atomic E-state index is -0.783. The molecule has 0 aliphatic rings. The Hall–Kier alpha value is -2.98. The molecule has 156 valence electrons. The summed E-state index contributed by atoms with van der Waals surface area (Å²) in [5, 5.41) is 9.90. The Labute approximate surface area is 178 Å². The van der Waals surface area contributed by atoms with Gasteiger partial charge in [0.1, 0.15) is 0 Å². The number of rotatable bonds is 8. The lowest BCUT2D eigenvalue weighted by Gasteiger charge is -2.18. The average Bonchev–Trinajstić information content (AvgIpc) is 2.70. The van der Waals surface area contributed by atoms with Crippen molar-refractivity contribution in [2.45, 2.75) is 46.6 Å². The molecule has 1 heterocycles. The van der Waals surface area contributed by atoms with Crippen LogP contribution in [0, 0.1) is 12.8 Å². The van der Waals surface area contributed by atoms with Gasteiger partial charge in [-0.3, -0.25) is 9.78 Å². The smallest absolute Gasteiger partial charge is 0.303 e. The molecule has 3 aromatic rings. The molecule has 0 unspecified atom stereocenters. The number of pyridine rings is 1. The van der Waals surface area contributed by atoms with E-state index in [0.717, 1.165) is 45.3 Å². The lowest BCUT2D eigenvalue weighted by molar-refractivity contribution is -0.136. The lowest BCUT2D eigenvalue weighted by Crippen LogP contribution is -2.10. The molecule has 0 aliphatic heterocycles. The van der Waals surface area contributed by atoms with Crippen LogP contribution in [0.15, 0.2) is 48.5 Å². The quantitative estimate of drug-likeness (QED) is 0.503. The molecule has 0 saturated heterocycles. The minimum Gasteiger partial charge on any atom is -0.481 e. The maximum absolute atomic E-state index is 10.7. The molecule has 1 aromatic heterocycles. The van der Waals surface area contributed by atoms with Crippen LogP contribution in [0.4, 0.5) is 0 Å². The largest absolute Gasteiger partial charge is 0.481 e. The third-order valence-electron chi connectivity index (χ3n) is 5.18. The van der Waals surface area contributed by atoms with E-state index in [2.05, 4.69) is 51.1 Å². The fraction of sp³-hybridized carbons (Fsp3) is 0.308. The SMILES string of the molecule is Cc1ccc(-c2c(CN)c(CC(C)C)nc3ccc(C=CCCC(=O)O)cc23)cc1. The molecule has 4 nitrogen and oxygen atoms in total. The standard InChI is InChI=1S/C26H30N2O2/c1-17(2)14-24-22(16-27)26(20-11-8-18(3)9-12-20)21-15-19(10-13-23(21)28-24)6-4-5-7-25(29)30/h4,6,8-13,15,17H,5,7,14,16,27H2,1-3H3,(H,29,30). The Kier molecular flexibility index (Phi) is 7.01. The van der Waals surface area contributed by atoms with Crippen LogP contribution in [-0.2, 0) is 17.8 Å². The first-order valence-electron chi connectivity index (χ1n) is 10.5. The molecule has 0 bridgehead atoms. The fourth-order valence-corrected chi connectivity index (χ4v) is 3.73. The van der Waals surface area contributed by atoms with Crippen LogP contribution in [0.3, 0.4) is 0 Å². The second-order valence-corrected chi connectivity index (χ2v) is 8.19. The highest BCUT2D eigenvalue weighted by Gasteiger charge is 2.17. The van der Waals surface area contributed by atoms with Crippen molar-refractivity contribution in [3.63, 3.8) is 0 Å². The zero-order valence-corrected chi connectivity index (χ0v) is 18.0. The Morgan fingerprint density at radius 2 is 1.90 bits per heavy atom. The fourth-order valence-electron chi connectivity index (χ4n) is 3.73. The van der Waals surface area contributed by atoms with Crippen molar-refractivity contribution in [2.75, 3.05) is 0 Å². The summed E-state index contributed by atoms with van der Waals surface area (Å²) in [5.74, 6) is -0.295. The van der Waals surface area contributed by atoms with E-state index in [1.807, 2.05) is 24.3 Å². The Bertz CT molecular complexity index is 1070. The van der Waals surface area contributed by atoms with E-state index in [0.29, 0.717) is 18.9 Å². The number of fused-ring (bicyclic) bond motifs is 1. The summed E-state index contributed by atoms with van der Waals surface area (Å²) in [5.41, 5.74) is 13.9. The van der Waals surface area contributed by atoms with Crippen molar-refractivity contribution in [1.82, 2.24) is 4.98 Å². The molecule has 3 rings (SSSR count). The highest BCUT2D eigenvalue weighted by atomic mass is 16.4. The summed E-state index contributed by atoms with van der Waals surface area (Å²) in [7, 11) is 0. The van der Waals surface area contributed by atoms with Gasteiger partial charge < -0.3 is 10.8 Å². The van der Waals surface area contributed by atoms with Crippen LogP contribution in [0.25, 0.3) is 28.1 Å². The van der Waals surface area contributed by atoms with Gasteiger partial charge >= 0.3 is 5.97 Å². The summed E-state index contributed by atoms with van der Waals surface area (Å²) >= 11 is 0. The van der Waals surface area contributed by atoms with Gasteiger partial charge in [-0.25, -0.2) is 0 Å². The monoisotopic (exact) mass is 402 g/mol. The number of nitrogens with zero attached hydrogens (tertiary/aromatic N) is 1. The number of benzene rings is 2. The van der Waals surface area contributed by atoms with Crippen LogP contribution in [0.2, 0.25) is 0 Å². The molecule has 0 aliphatic carbocycles. The average molecular weight is 403 g/mol. The summed E-state index contributed by atoms with van der Waals surface area (Å²) in [4.78, 5) is 15.7. The van der Waals surface area contributed by atoms with Crippen molar-refractivity contribution in [3.05, 3.63) is 70.9 Å². The molecule has 0 fully saturated rings. The zero-order valence-electron chi connectivity index (χ0n) is 18.0. The topological polar surface area (TPSA) is 76.2 Å². The molecular formula is C26H30N2O2. The third kappa shape index (κ3) is 5.14. The van der Waals surface area contributed by atoms with E-state index in [9.17, 15) is 4.79 Å². The van der Waals surface area contributed by atoms with Gasteiger partial charge in [0.2, 0.25) is 0 Å². The molecule has 30 heavy (non-hydrogen) atoms. The van der Waals surface area contributed by atoms with Crippen LogP contribution >= 0.6 is 0 Å². The lowest BCUT2D eigenvalue weighted by atomic mass is 9.90. The van der Waals surface area contributed by atoms with Crippen molar-refractivity contribution in [3.8, 4) is 11.1 Å². The van der Waals surface area contributed by atoms with E-state index < -0.39 is 5.97 Å². The van der Waals surface area contributed by atoms with Gasteiger partial charge in [0.15, 0.2) is 0 Å². The first-order valence-corrected chi connectivity index (χ1v) is 10.5. The number of aliphatic carboxylic acids is 1.